The number of anilines is 2. The Morgan fingerprint density at radius 1 is 1.07 bits per heavy atom. The number of hydrogen-bond acceptors (Lipinski definition) is 7. The lowest BCUT2D eigenvalue weighted by atomic mass is 9.96. The minimum absolute atomic E-state index is 0.0183. The molecular weight excluding hydrogens is 581 g/mol. The first-order valence-electron chi connectivity index (χ1n) is 15.7. The van der Waals surface area contributed by atoms with Gasteiger partial charge in [-0.05, 0) is 91.9 Å². The van der Waals surface area contributed by atoms with E-state index in [1.54, 1.807) is 23.4 Å². The van der Waals surface area contributed by atoms with E-state index in [1.165, 1.54) is 6.07 Å². The van der Waals surface area contributed by atoms with Gasteiger partial charge in [0.1, 0.15) is 18.0 Å². The lowest BCUT2D eigenvalue weighted by molar-refractivity contribution is -0.0319. The average Bonchev–Trinajstić information content (AvgIpc) is 3.78. The SMILES string of the molecule is CC(c1cc2c3c(ccc(F)c3c1)N(c1cc(-c3ccc(C#N)cc3-c3nncn3C)cc(C3CC3)n1)C2=O)N1CCO[C@H](C)C1. The Morgan fingerprint density at radius 3 is 2.65 bits per heavy atom. The molecule has 3 aromatic carbocycles. The van der Waals surface area contributed by atoms with Crippen LogP contribution in [-0.4, -0.2) is 56.4 Å². The molecule has 1 unspecified atom stereocenters. The Balaban J connectivity index is 1.26. The fourth-order valence-electron chi connectivity index (χ4n) is 6.89. The number of nitrogens with zero attached hydrogens (tertiary/aromatic N) is 7. The minimum Gasteiger partial charge on any atom is -0.376 e. The number of ether oxygens (including phenoxy) is 1. The van der Waals surface area contributed by atoms with E-state index >= 15 is 4.39 Å². The Kier molecular flexibility index (Phi) is 6.71. The molecule has 0 radical (unpaired) electrons. The van der Waals surface area contributed by atoms with Gasteiger partial charge in [0.05, 0.1) is 35.6 Å². The summed E-state index contributed by atoms with van der Waals surface area (Å²) in [5.74, 6) is 0.824. The van der Waals surface area contributed by atoms with Crippen LogP contribution < -0.4 is 4.90 Å². The smallest absolute Gasteiger partial charge is 0.264 e. The van der Waals surface area contributed by atoms with Crippen LogP contribution in [0.4, 0.5) is 15.9 Å². The molecular formula is C36H32FN7O2. The van der Waals surface area contributed by atoms with Gasteiger partial charge in [0.25, 0.3) is 5.91 Å². The highest BCUT2D eigenvalue weighted by molar-refractivity contribution is 6.28. The number of benzene rings is 3. The van der Waals surface area contributed by atoms with Gasteiger partial charge in [0.2, 0.25) is 0 Å². The second-order valence-corrected chi connectivity index (χ2v) is 12.6. The number of carbonyl (C=O) groups excluding carboxylic acids is 1. The predicted molar refractivity (Wildman–Crippen MR) is 172 cm³/mol. The number of rotatable bonds is 6. The van der Waals surface area contributed by atoms with Gasteiger partial charge in [-0.2, -0.15) is 5.26 Å². The molecule has 10 heteroatoms. The van der Waals surface area contributed by atoms with Gasteiger partial charge in [-0.25, -0.2) is 9.37 Å². The van der Waals surface area contributed by atoms with Crippen molar-refractivity contribution in [2.75, 3.05) is 24.6 Å². The topological polar surface area (TPSA) is 100 Å². The molecule has 1 saturated heterocycles. The first-order valence-corrected chi connectivity index (χ1v) is 15.7. The van der Waals surface area contributed by atoms with Crippen LogP contribution in [0, 0.1) is 17.1 Å². The molecule has 2 fully saturated rings. The van der Waals surface area contributed by atoms with Crippen LogP contribution in [0.1, 0.15) is 65.8 Å². The average molecular weight is 614 g/mol. The number of hydrogen-bond donors (Lipinski definition) is 0. The van der Waals surface area contributed by atoms with Gasteiger partial charge in [-0.3, -0.25) is 14.6 Å². The molecule has 0 spiro atoms. The Bertz CT molecular complexity index is 2100. The third kappa shape index (κ3) is 4.66. The van der Waals surface area contributed by atoms with Gasteiger partial charge in [0, 0.05) is 54.1 Å². The van der Waals surface area contributed by atoms with Gasteiger partial charge in [0.15, 0.2) is 5.82 Å². The fourth-order valence-corrected chi connectivity index (χ4v) is 6.89. The van der Waals surface area contributed by atoms with Crippen LogP contribution in [0.3, 0.4) is 0 Å². The van der Waals surface area contributed by atoms with Crippen molar-refractivity contribution in [1.82, 2.24) is 24.6 Å². The van der Waals surface area contributed by atoms with E-state index in [1.807, 2.05) is 41.9 Å². The van der Waals surface area contributed by atoms with E-state index in [-0.39, 0.29) is 23.9 Å². The lowest BCUT2D eigenvalue weighted by Gasteiger charge is -2.36. The summed E-state index contributed by atoms with van der Waals surface area (Å²) in [5.41, 5.74) is 5.87. The number of pyridine rings is 1. The fraction of sp³-hybridized carbons (Fsp3) is 0.306. The zero-order chi connectivity index (χ0) is 31.7. The molecule has 46 heavy (non-hydrogen) atoms. The van der Waals surface area contributed by atoms with Gasteiger partial charge >= 0.3 is 0 Å². The third-order valence-electron chi connectivity index (χ3n) is 9.51. The molecule has 1 aliphatic carbocycles. The van der Waals surface area contributed by atoms with Gasteiger partial charge in [-0.15, -0.1) is 10.2 Å². The number of carbonyl (C=O) groups is 1. The van der Waals surface area contributed by atoms with E-state index in [0.717, 1.165) is 53.9 Å². The highest BCUT2D eigenvalue weighted by atomic mass is 19.1. The molecule has 230 valence electrons. The molecule has 8 rings (SSSR count). The van der Waals surface area contributed by atoms with Crippen molar-refractivity contribution in [3.05, 3.63) is 89.1 Å². The van der Waals surface area contributed by atoms with Crippen molar-refractivity contribution in [1.29, 1.82) is 5.26 Å². The third-order valence-corrected chi connectivity index (χ3v) is 9.51. The highest BCUT2D eigenvalue weighted by Gasteiger charge is 2.36. The van der Waals surface area contributed by atoms with Crippen molar-refractivity contribution in [3.8, 4) is 28.6 Å². The van der Waals surface area contributed by atoms with E-state index in [9.17, 15) is 10.1 Å². The largest absolute Gasteiger partial charge is 0.376 e. The maximum Gasteiger partial charge on any atom is 0.264 e. The summed E-state index contributed by atoms with van der Waals surface area (Å²) in [5, 5.41) is 19.1. The van der Waals surface area contributed by atoms with Crippen LogP contribution in [0.2, 0.25) is 0 Å². The first kappa shape index (κ1) is 28.5. The van der Waals surface area contributed by atoms with Crippen LogP contribution in [0.15, 0.2) is 60.9 Å². The maximum atomic E-state index is 15.5. The Hall–Kier alpha value is -4.98. The summed E-state index contributed by atoms with van der Waals surface area (Å²) in [6.45, 7) is 6.33. The summed E-state index contributed by atoms with van der Waals surface area (Å²) in [6, 6.07) is 18.6. The molecule has 3 aliphatic rings. The van der Waals surface area contributed by atoms with Crippen LogP contribution in [0.5, 0.6) is 0 Å². The second kappa shape index (κ2) is 10.8. The van der Waals surface area contributed by atoms with E-state index in [2.05, 4.69) is 41.1 Å². The molecule has 2 aliphatic heterocycles. The molecule has 2 atom stereocenters. The minimum atomic E-state index is -0.356. The summed E-state index contributed by atoms with van der Waals surface area (Å²) in [6.07, 6.45) is 3.78. The summed E-state index contributed by atoms with van der Waals surface area (Å²) in [7, 11) is 1.86. The van der Waals surface area contributed by atoms with Crippen molar-refractivity contribution in [2.24, 2.45) is 7.05 Å². The summed E-state index contributed by atoms with van der Waals surface area (Å²) in [4.78, 5) is 23.4. The zero-order valence-corrected chi connectivity index (χ0v) is 25.9. The number of nitriles is 1. The van der Waals surface area contributed by atoms with Crippen LogP contribution in [-0.2, 0) is 11.8 Å². The monoisotopic (exact) mass is 613 g/mol. The molecule has 2 aromatic heterocycles. The number of aryl methyl sites for hydroxylation is 1. The second-order valence-electron chi connectivity index (χ2n) is 12.6. The first-order chi connectivity index (χ1) is 22.3. The van der Waals surface area contributed by atoms with Crippen LogP contribution >= 0.6 is 0 Å². The van der Waals surface area contributed by atoms with E-state index in [4.69, 9.17) is 9.72 Å². The molecule has 4 heterocycles. The normalized spacial score (nSPS) is 18.7. The van der Waals surface area contributed by atoms with Crippen molar-refractivity contribution in [3.63, 3.8) is 0 Å². The summed E-state index contributed by atoms with van der Waals surface area (Å²) < 4.78 is 23.1. The molecule has 0 N–H and O–H groups in total. The van der Waals surface area contributed by atoms with E-state index < -0.39 is 0 Å². The van der Waals surface area contributed by atoms with Gasteiger partial charge < -0.3 is 9.30 Å². The number of aromatic nitrogens is 4. The predicted octanol–water partition coefficient (Wildman–Crippen LogP) is 6.66. The number of amides is 1. The zero-order valence-electron chi connectivity index (χ0n) is 25.9. The molecule has 0 bridgehead atoms. The molecule has 5 aromatic rings. The quantitative estimate of drug-likeness (QED) is 0.211. The van der Waals surface area contributed by atoms with Crippen LogP contribution in [0.25, 0.3) is 33.3 Å². The molecule has 9 nitrogen and oxygen atoms in total. The number of halogens is 1. The summed E-state index contributed by atoms with van der Waals surface area (Å²) >= 11 is 0. The Morgan fingerprint density at radius 2 is 1.91 bits per heavy atom. The lowest BCUT2D eigenvalue weighted by Crippen LogP contribution is -2.42. The molecule has 1 amide bonds. The molecule has 1 saturated carbocycles. The van der Waals surface area contributed by atoms with Crippen molar-refractivity contribution >= 4 is 28.2 Å². The van der Waals surface area contributed by atoms with Crippen molar-refractivity contribution in [2.45, 2.75) is 44.8 Å². The van der Waals surface area contributed by atoms with Crippen molar-refractivity contribution < 1.29 is 13.9 Å². The Labute approximate surface area is 265 Å². The van der Waals surface area contributed by atoms with E-state index in [0.29, 0.717) is 51.8 Å². The standard InChI is InChI=1S/C36H32FN7O2/c1-20-18-43(10-11-46-20)21(2)24-13-28-30(37)8-9-32-34(28)29(14-24)36(45)44(32)33-16-25(15-31(40-33)23-5-6-23)26-7-4-22(17-38)12-27(26)35-41-39-19-42(35)3/h4,7-9,12-16,19-21,23H,5-6,10-11,18H2,1-3H3/t20-,21?/m1/s1. The number of morpholine rings is 1. The highest BCUT2D eigenvalue weighted by Crippen LogP contribution is 2.47. The van der Waals surface area contributed by atoms with Gasteiger partial charge in [-0.1, -0.05) is 6.07 Å². The maximum absolute atomic E-state index is 15.5.